The predicted molar refractivity (Wildman–Crippen MR) is 98.9 cm³/mol. The van der Waals surface area contributed by atoms with Gasteiger partial charge in [-0.1, -0.05) is 35.9 Å². The maximum atomic E-state index is 13.2. The standard InChI is InChI=1S/C19H15ClN4O2/c20-12-5-4-8-14(11-12)24-17-15(16(22-24)18(21)25)9-10-23(19(17)26)13-6-2-1-3-7-13/h1-8,11H,9-10H2,(H2,21,25). The van der Waals surface area contributed by atoms with Gasteiger partial charge >= 0.3 is 0 Å². The number of primary amides is 1. The number of halogens is 1. The Morgan fingerprint density at radius 2 is 1.81 bits per heavy atom. The first-order valence-corrected chi connectivity index (χ1v) is 8.48. The molecular formula is C19H15ClN4O2. The van der Waals surface area contributed by atoms with E-state index in [1.54, 1.807) is 29.2 Å². The fourth-order valence-electron chi connectivity index (χ4n) is 3.21. The lowest BCUT2D eigenvalue weighted by molar-refractivity contribution is 0.0972. The summed E-state index contributed by atoms with van der Waals surface area (Å²) in [6.07, 6.45) is 0.495. The molecule has 7 heteroatoms. The van der Waals surface area contributed by atoms with Gasteiger partial charge in [0.15, 0.2) is 5.69 Å². The van der Waals surface area contributed by atoms with E-state index in [9.17, 15) is 9.59 Å². The molecular weight excluding hydrogens is 352 g/mol. The molecule has 4 rings (SSSR count). The van der Waals surface area contributed by atoms with Crippen molar-refractivity contribution in [2.24, 2.45) is 5.73 Å². The quantitative estimate of drug-likeness (QED) is 0.773. The molecule has 0 aliphatic carbocycles. The summed E-state index contributed by atoms with van der Waals surface area (Å²) in [5.74, 6) is -0.875. The number of hydrogen-bond acceptors (Lipinski definition) is 3. The highest BCUT2D eigenvalue weighted by Gasteiger charge is 2.34. The van der Waals surface area contributed by atoms with Crippen molar-refractivity contribution in [2.75, 3.05) is 11.4 Å². The van der Waals surface area contributed by atoms with Gasteiger partial charge in [-0.05, 0) is 36.8 Å². The predicted octanol–water partition coefficient (Wildman–Crippen LogP) is 2.83. The zero-order valence-electron chi connectivity index (χ0n) is 13.7. The van der Waals surface area contributed by atoms with Crippen molar-refractivity contribution < 1.29 is 9.59 Å². The second-order valence-corrected chi connectivity index (χ2v) is 6.41. The molecule has 0 saturated carbocycles. The molecule has 0 fully saturated rings. The Labute approximate surface area is 154 Å². The van der Waals surface area contributed by atoms with Crippen molar-refractivity contribution in [3.05, 3.63) is 76.6 Å². The number of hydrogen-bond donors (Lipinski definition) is 1. The Kier molecular flexibility index (Phi) is 3.97. The highest BCUT2D eigenvalue weighted by Crippen LogP contribution is 2.29. The SMILES string of the molecule is NC(=O)c1nn(-c2cccc(Cl)c2)c2c1CCN(c1ccccc1)C2=O. The molecule has 2 heterocycles. The number of amides is 2. The van der Waals surface area contributed by atoms with Gasteiger partial charge in [0.05, 0.1) is 5.69 Å². The molecule has 6 nitrogen and oxygen atoms in total. The van der Waals surface area contributed by atoms with Crippen LogP contribution in [0.2, 0.25) is 5.02 Å². The van der Waals surface area contributed by atoms with Crippen LogP contribution in [0.25, 0.3) is 5.69 Å². The molecule has 0 atom stereocenters. The maximum absolute atomic E-state index is 13.2. The maximum Gasteiger partial charge on any atom is 0.277 e. The number of aromatic nitrogens is 2. The molecule has 0 unspecified atom stereocenters. The van der Waals surface area contributed by atoms with Crippen LogP contribution in [0.15, 0.2) is 54.6 Å². The molecule has 2 aromatic carbocycles. The van der Waals surface area contributed by atoms with Crippen molar-refractivity contribution in [3.8, 4) is 5.69 Å². The lowest BCUT2D eigenvalue weighted by Crippen LogP contribution is -2.39. The van der Waals surface area contributed by atoms with Gasteiger partial charge in [0.25, 0.3) is 11.8 Å². The fourth-order valence-corrected chi connectivity index (χ4v) is 3.39. The zero-order valence-corrected chi connectivity index (χ0v) is 14.5. The Bertz CT molecular complexity index is 1010. The highest BCUT2D eigenvalue weighted by atomic mass is 35.5. The number of carbonyl (C=O) groups is 2. The van der Waals surface area contributed by atoms with E-state index in [1.165, 1.54) is 4.68 Å². The number of carbonyl (C=O) groups excluding carboxylic acids is 2. The van der Waals surface area contributed by atoms with Crippen molar-refractivity contribution in [1.29, 1.82) is 0 Å². The topological polar surface area (TPSA) is 81.2 Å². The second kappa shape index (κ2) is 6.31. The summed E-state index contributed by atoms with van der Waals surface area (Å²) in [7, 11) is 0. The molecule has 2 N–H and O–H groups in total. The largest absolute Gasteiger partial charge is 0.364 e. The first-order valence-electron chi connectivity index (χ1n) is 8.11. The van der Waals surface area contributed by atoms with E-state index in [0.717, 1.165) is 5.69 Å². The third-order valence-electron chi connectivity index (χ3n) is 4.37. The van der Waals surface area contributed by atoms with Crippen molar-refractivity contribution in [2.45, 2.75) is 6.42 Å². The smallest absolute Gasteiger partial charge is 0.277 e. The summed E-state index contributed by atoms with van der Waals surface area (Å²) in [6.45, 7) is 0.456. The van der Waals surface area contributed by atoms with Crippen LogP contribution >= 0.6 is 11.6 Å². The van der Waals surface area contributed by atoms with Crippen LogP contribution in [0.4, 0.5) is 5.69 Å². The molecule has 0 radical (unpaired) electrons. The van der Waals surface area contributed by atoms with Crippen molar-refractivity contribution in [3.63, 3.8) is 0 Å². The van der Waals surface area contributed by atoms with Crippen LogP contribution in [0.1, 0.15) is 26.5 Å². The minimum atomic E-state index is -0.650. The zero-order chi connectivity index (χ0) is 18.3. The second-order valence-electron chi connectivity index (χ2n) is 5.97. The Morgan fingerprint density at radius 1 is 1.08 bits per heavy atom. The van der Waals surface area contributed by atoms with E-state index >= 15 is 0 Å². The van der Waals surface area contributed by atoms with E-state index in [4.69, 9.17) is 17.3 Å². The van der Waals surface area contributed by atoms with Gasteiger partial charge in [0.2, 0.25) is 0 Å². The number of rotatable bonds is 3. The Morgan fingerprint density at radius 3 is 2.50 bits per heavy atom. The fraction of sp³-hybridized carbons (Fsp3) is 0.105. The lowest BCUT2D eigenvalue weighted by atomic mass is 10.0. The van der Waals surface area contributed by atoms with Crippen LogP contribution < -0.4 is 10.6 Å². The summed E-state index contributed by atoms with van der Waals surface area (Å²) in [6, 6.07) is 16.3. The molecule has 0 spiro atoms. The number of nitrogens with zero attached hydrogens (tertiary/aromatic N) is 3. The first kappa shape index (κ1) is 16.4. The molecule has 1 aliphatic heterocycles. The van der Waals surface area contributed by atoms with Gasteiger partial charge in [0, 0.05) is 22.8 Å². The van der Waals surface area contributed by atoms with Crippen molar-refractivity contribution in [1.82, 2.24) is 9.78 Å². The Hall–Kier alpha value is -3.12. The lowest BCUT2D eigenvalue weighted by Gasteiger charge is -2.27. The molecule has 130 valence electrons. The minimum absolute atomic E-state index is 0.126. The molecule has 0 bridgehead atoms. The summed E-state index contributed by atoms with van der Waals surface area (Å²) in [5.41, 5.74) is 7.93. The third-order valence-corrected chi connectivity index (χ3v) is 4.61. The van der Waals surface area contributed by atoms with Gasteiger partial charge in [-0.15, -0.1) is 0 Å². The third kappa shape index (κ3) is 2.64. The number of anilines is 1. The van der Waals surface area contributed by atoms with E-state index in [-0.39, 0.29) is 11.6 Å². The molecule has 1 aromatic heterocycles. The average molecular weight is 367 g/mol. The van der Waals surface area contributed by atoms with E-state index in [1.807, 2.05) is 30.3 Å². The number of benzene rings is 2. The van der Waals surface area contributed by atoms with Crippen LogP contribution in [0.5, 0.6) is 0 Å². The number of nitrogens with two attached hydrogens (primary N) is 1. The number of para-hydroxylation sites is 1. The molecule has 3 aromatic rings. The van der Waals surface area contributed by atoms with E-state index in [0.29, 0.717) is 34.9 Å². The van der Waals surface area contributed by atoms with Gasteiger partial charge in [-0.2, -0.15) is 5.10 Å². The highest BCUT2D eigenvalue weighted by molar-refractivity contribution is 6.30. The first-order chi connectivity index (χ1) is 12.6. The van der Waals surface area contributed by atoms with Crippen molar-refractivity contribution >= 4 is 29.1 Å². The normalized spacial score (nSPS) is 13.6. The molecule has 26 heavy (non-hydrogen) atoms. The van der Waals surface area contributed by atoms with E-state index < -0.39 is 5.91 Å². The van der Waals surface area contributed by atoms with Crippen LogP contribution in [-0.4, -0.2) is 28.1 Å². The molecule has 2 amide bonds. The van der Waals surface area contributed by atoms with Gasteiger partial charge in [-0.25, -0.2) is 4.68 Å². The Balaban J connectivity index is 1.89. The summed E-state index contributed by atoms with van der Waals surface area (Å²) in [5, 5.41) is 4.83. The molecule has 1 aliphatic rings. The number of fused-ring (bicyclic) bond motifs is 1. The van der Waals surface area contributed by atoms with Crippen LogP contribution in [0, 0.1) is 0 Å². The summed E-state index contributed by atoms with van der Waals surface area (Å²) >= 11 is 6.08. The van der Waals surface area contributed by atoms with Crippen LogP contribution in [-0.2, 0) is 6.42 Å². The van der Waals surface area contributed by atoms with Gasteiger partial charge in [0.1, 0.15) is 5.69 Å². The summed E-state index contributed by atoms with van der Waals surface area (Å²) < 4.78 is 1.46. The van der Waals surface area contributed by atoms with Crippen LogP contribution in [0.3, 0.4) is 0 Å². The molecule has 0 saturated heterocycles. The van der Waals surface area contributed by atoms with Gasteiger partial charge in [-0.3, -0.25) is 9.59 Å². The van der Waals surface area contributed by atoms with E-state index in [2.05, 4.69) is 5.10 Å². The minimum Gasteiger partial charge on any atom is -0.364 e. The monoisotopic (exact) mass is 366 g/mol. The average Bonchev–Trinajstić information content (AvgIpc) is 3.04. The summed E-state index contributed by atoms with van der Waals surface area (Å²) in [4.78, 5) is 26.7. The van der Waals surface area contributed by atoms with Gasteiger partial charge < -0.3 is 10.6 Å².